The van der Waals surface area contributed by atoms with Gasteiger partial charge >= 0.3 is 0 Å². The normalized spacial score (nSPS) is 15.1. The summed E-state index contributed by atoms with van der Waals surface area (Å²) in [5.74, 6) is 0.646. The molecule has 0 spiro atoms. The number of hydrogen-bond donors (Lipinski definition) is 0. The highest BCUT2D eigenvalue weighted by Crippen LogP contribution is 2.46. The summed E-state index contributed by atoms with van der Waals surface area (Å²) in [6.45, 7) is 0. The minimum atomic E-state index is -0.839. The fourth-order valence-electron chi connectivity index (χ4n) is 3.99. The molecule has 1 amide bonds. The fourth-order valence-corrected chi connectivity index (χ4v) is 4.94. The number of carbonyl (C=O) groups is 1. The molecule has 0 fully saturated rings. The third-order valence-corrected chi connectivity index (χ3v) is 6.57. The Morgan fingerprint density at radius 3 is 2.39 bits per heavy atom. The first kappa shape index (κ1) is 21.4. The maximum Gasteiger partial charge on any atom is 0.297 e. The smallest absolute Gasteiger partial charge is 0.297 e. The second kappa shape index (κ2) is 8.16. The zero-order chi connectivity index (χ0) is 23.3. The lowest BCUT2D eigenvalue weighted by atomic mass is 9.98. The second-order valence-corrected chi connectivity index (χ2v) is 8.80. The number of fused-ring (bicyclic) bond motifs is 2. The van der Waals surface area contributed by atoms with Crippen LogP contribution >= 0.6 is 27.3 Å². The second-order valence-electron chi connectivity index (χ2n) is 7.07. The van der Waals surface area contributed by atoms with Crippen LogP contribution in [-0.2, 0) is 0 Å². The fraction of sp³-hybridized carbons (Fsp3) is 0.182. The van der Waals surface area contributed by atoms with Crippen LogP contribution in [-0.4, -0.2) is 37.4 Å². The molecule has 11 heteroatoms. The van der Waals surface area contributed by atoms with Crippen molar-refractivity contribution in [1.29, 1.82) is 0 Å². The van der Waals surface area contributed by atoms with E-state index in [9.17, 15) is 9.59 Å². The lowest BCUT2D eigenvalue weighted by Crippen LogP contribution is -2.29. The van der Waals surface area contributed by atoms with Crippen molar-refractivity contribution < 1.29 is 23.4 Å². The highest BCUT2D eigenvalue weighted by molar-refractivity contribution is 9.10. The molecule has 2 aromatic carbocycles. The van der Waals surface area contributed by atoms with E-state index in [0.29, 0.717) is 38.9 Å². The molecule has 0 saturated carbocycles. The number of hydrogen-bond acceptors (Lipinski definition) is 9. The van der Waals surface area contributed by atoms with Crippen LogP contribution < -0.4 is 24.5 Å². The van der Waals surface area contributed by atoms with Crippen molar-refractivity contribution >= 4 is 49.3 Å². The summed E-state index contributed by atoms with van der Waals surface area (Å²) in [5, 5.41) is 8.62. The molecule has 4 aromatic rings. The lowest BCUT2D eigenvalue weighted by molar-refractivity contribution is 0.0970. The largest absolute Gasteiger partial charge is 0.493 e. The van der Waals surface area contributed by atoms with Gasteiger partial charge in [-0.1, -0.05) is 27.3 Å². The van der Waals surface area contributed by atoms with Crippen LogP contribution in [0.25, 0.3) is 11.0 Å². The van der Waals surface area contributed by atoms with E-state index in [1.54, 1.807) is 30.3 Å². The number of ether oxygens (including phenoxy) is 3. The third kappa shape index (κ3) is 3.26. The van der Waals surface area contributed by atoms with Crippen molar-refractivity contribution in [2.45, 2.75) is 6.04 Å². The van der Waals surface area contributed by atoms with Gasteiger partial charge in [-0.15, -0.1) is 10.2 Å². The summed E-state index contributed by atoms with van der Waals surface area (Å²) in [6, 6.07) is 7.63. The Bertz CT molecular complexity index is 1430. The van der Waals surface area contributed by atoms with E-state index in [2.05, 4.69) is 26.1 Å². The van der Waals surface area contributed by atoms with Crippen molar-refractivity contribution in [1.82, 2.24) is 10.2 Å². The predicted molar refractivity (Wildman–Crippen MR) is 125 cm³/mol. The highest BCUT2D eigenvalue weighted by Gasteiger charge is 2.45. The Morgan fingerprint density at radius 2 is 1.79 bits per heavy atom. The van der Waals surface area contributed by atoms with Crippen LogP contribution in [0.15, 0.2) is 49.5 Å². The van der Waals surface area contributed by atoms with Gasteiger partial charge in [-0.3, -0.25) is 14.5 Å². The molecule has 9 nitrogen and oxygen atoms in total. The third-order valence-electron chi connectivity index (χ3n) is 5.39. The number of aromatic nitrogens is 2. The van der Waals surface area contributed by atoms with Crippen LogP contribution in [0.3, 0.4) is 0 Å². The Kier molecular flexibility index (Phi) is 5.29. The summed E-state index contributed by atoms with van der Waals surface area (Å²) in [4.78, 5) is 28.6. The number of amides is 1. The predicted octanol–water partition coefficient (Wildman–Crippen LogP) is 4.18. The number of methoxy groups -OCH3 is 3. The first-order valence-electron chi connectivity index (χ1n) is 9.64. The van der Waals surface area contributed by atoms with Gasteiger partial charge in [-0.25, -0.2) is 0 Å². The summed E-state index contributed by atoms with van der Waals surface area (Å²) in [5.41, 5.74) is 2.29. The molecule has 3 heterocycles. The van der Waals surface area contributed by atoms with Crippen molar-refractivity contribution in [3.63, 3.8) is 0 Å². The zero-order valence-corrected chi connectivity index (χ0v) is 20.0. The van der Waals surface area contributed by atoms with Crippen LogP contribution in [0.4, 0.5) is 5.13 Å². The molecular formula is C22H16BrN3O6S. The van der Waals surface area contributed by atoms with E-state index in [1.165, 1.54) is 43.1 Å². The zero-order valence-electron chi connectivity index (χ0n) is 17.6. The summed E-state index contributed by atoms with van der Waals surface area (Å²) in [6.07, 6.45) is 0. The van der Waals surface area contributed by atoms with Crippen LogP contribution in [0, 0.1) is 0 Å². The summed E-state index contributed by atoms with van der Waals surface area (Å²) in [7, 11) is 4.49. The van der Waals surface area contributed by atoms with Gasteiger partial charge in [-0.2, -0.15) is 0 Å². The Hall–Kier alpha value is -3.44. The van der Waals surface area contributed by atoms with Gasteiger partial charge in [-0.05, 0) is 35.9 Å². The van der Waals surface area contributed by atoms with Gasteiger partial charge in [0.2, 0.25) is 16.6 Å². The van der Waals surface area contributed by atoms with Crippen LogP contribution in [0.5, 0.6) is 17.2 Å². The van der Waals surface area contributed by atoms with Gasteiger partial charge in [0, 0.05) is 4.47 Å². The minimum Gasteiger partial charge on any atom is -0.493 e. The molecule has 0 radical (unpaired) electrons. The van der Waals surface area contributed by atoms with E-state index in [4.69, 9.17) is 18.6 Å². The molecule has 1 unspecified atom stereocenters. The lowest BCUT2D eigenvalue weighted by Gasteiger charge is -2.23. The number of rotatable bonds is 5. The molecule has 1 atom stereocenters. The quantitative estimate of drug-likeness (QED) is 0.379. The molecule has 2 aromatic heterocycles. The molecule has 0 aliphatic carbocycles. The van der Waals surface area contributed by atoms with E-state index in [0.717, 1.165) is 4.47 Å². The van der Waals surface area contributed by atoms with Crippen molar-refractivity contribution in [2.24, 2.45) is 0 Å². The first-order valence-corrected chi connectivity index (χ1v) is 11.3. The maximum absolute atomic E-state index is 13.7. The van der Waals surface area contributed by atoms with E-state index in [-0.39, 0.29) is 16.8 Å². The molecule has 33 heavy (non-hydrogen) atoms. The van der Waals surface area contributed by atoms with Gasteiger partial charge in [0.05, 0.1) is 38.3 Å². The van der Waals surface area contributed by atoms with E-state index < -0.39 is 11.9 Å². The molecule has 5 rings (SSSR count). The summed E-state index contributed by atoms with van der Waals surface area (Å²) < 4.78 is 23.1. The van der Waals surface area contributed by atoms with Gasteiger partial charge in [0.25, 0.3) is 5.91 Å². The molecule has 0 N–H and O–H groups in total. The number of nitrogens with zero attached hydrogens (tertiary/aromatic N) is 3. The van der Waals surface area contributed by atoms with Crippen molar-refractivity contribution in [2.75, 3.05) is 26.2 Å². The molecular weight excluding hydrogens is 514 g/mol. The highest BCUT2D eigenvalue weighted by atomic mass is 79.9. The van der Waals surface area contributed by atoms with Crippen molar-refractivity contribution in [3.8, 4) is 17.2 Å². The van der Waals surface area contributed by atoms with Gasteiger partial charge in [0.1, 0.15) is 11.1 Å². The SMILES string of the molecule is COc1cc(C2c3c(oc4ccc(Br)cc4c3=O)C(=O)N2c2nncs2)cc(OC)c1OC. The Labute approximate surface area is 199 Å². The standard InChI is InChI=1S/C22H16BrN3O6S/c1-29-14-6-10(7-15(30-2)19(14)31-3)17-16-18(27)12-8-11(23)4-5-13(12)32-20(16)21(28)26(17)22-25-24-9-33-22/h4-9,17H,1-3H3. The van der Waals surface area contributed by atoms with Gasteiger partial charge < -0.3 is 18.6 Å². The maximum atomic E-state index is 13.7. The molecule has 0 saturated heterocycles. The Morgan fingerprint density at radius 1 is 1.06 bits per heavy atom. The van der Waals surface area contributed by atoms with E-state index in [1.807, 2.05) is 0 Å². The number of anilines is 1. The van der Waals surface area contributed by atoms with Crippen molar-refractivity contribution in [3.05, 3.63) is 67.4 Å². The molecule has 1 aliphatic heterocycles. The van der Waals surface area contributed by atoms with Crippen LogP contribution in [0.2, 0.25) is 0 Å². The average Bonchev–Trinajstić information content (AvgIpc) is 3.45. The van der Waals surface area contributed by atoms with Crippen LogP contribution in [0.1, 0.15) is 27.7 Å². The molecule has 0 bridgehead atoms. The number of halogens is 1. The minimum absolute atomic E-state index is 0.0382. The monoisotopic (exact) mass is 529 g/mol. The number of carbonyl (C=O) groups excluding carboxylic acids is 1. The average molecular weight is 530 g/mol. The molecule has 1 aliphatic rings. The Balaban J connectivity index is 1.84. The topological polar surface area (TPSA) is 104 Å². The van der Waals surface area contributed by atoms with E-state index >= 15 is 0 Å². The number of benzene rings is 2. The first-order chi connectivity index (χ1) is 16.0. The summed E-state index contributed by atoms with van der Waals surface area (Å²) >= 11 is 4.57. The van der Waals surface area contributed by atoms with Gasteiger partial charge in [0.15, 0.2) is 16.9 Å². The molecule has 168 valence electrons.